The normalized spacial score (nSPS) is 16.9. The summed E-state index contributed by atoms with van der Waals surface area (Å²) in [5, 5.41) is 3.01. The zero-order valence-corrected chi connectivity index (χ0v) is 11.8. The number of nitrogens with zero attached hydrogens (tertiary/aromatic N) is 3. The summed E-state index contributed by atoms with van der Waals surface area (Å²) >= 11 is 0. The molecular weight excluding hydrogens is 266 g/mol. The predicted octanol–water partition coefficient (Wildman–Crippen LogP) is 1.73. The SMILES string of the molecule is CNc1ccc2[nH]c(-c3cnc(C4(N)CCC4)[nH]3)nc2n1. The molecule has 1 saturated carbocycles. The van der Waals surface area contributed by atoms with E-state index in [1.807, 2.05) is 19.2 Å². The molecule has 3 aromatic rings. The Morgan fingerprint density at radius 3 is 2.81 bits per heavy atom. The van der Waals surface area contributed by atoms with E-state index in [0.717, 1.165) is 47.9 Å². The van der Waals surface area contributed by atoms with E-state index in [1.165, 1.54) is 0 Å². The molecule has 0 unspecified atom stereocenters. The van der Waals surface area contributed by atoms with Crippen molar-refractivity contribution in [2.24, 2.45) is 5.73 Å². The number of rotatable bonds is 3. The summed E-state index contributed by atoms with van der Waals surface area (Å²) in [4.78, 5) is 19.9. The molecule has 21 heavy (non-hydrogen) atoms. The highest BCUT2D eigenvalue weighted by molar-refractivity contribution is 5.76. The second kappa shape index (κ2) is 4.29. The number of aromatic amines is 2. The van der Waals surface area contributed by atoms with Crippen molar-refractivity contribution < 1.29 is 0 Å². The second-order valence-electron chi connectivity index (χ2n) is 5.56. The Morgan fingerprint density at radius 1 is 1.24 bits per heavy atom. The molecule has 5 N–H and O–H groups in total. The molecule has 0 aromatic carbocycles. The Hall–Kier alpha value is -2.41. The molecule has 4 rings (SSSR count). The number of hydrogen-bond acceptors (Lipinski definition) is 5. The molecule has 0 spiro atoms. The number of aromatic nitrogens is 5. The van der Waals surface area contributed by atoms with E-state index in [2.05, 4.69) is 30.2 Å². The van der Waals surface area contributed by atoms with Crippen molar-refractivity contribution in [3.05, 3.63) is 24.2 Å². The molecule has 0 amide bonds. The van der Waals surface area contributed by atoms with Gasteiger partial charge >= 0.3 is 0 Å². The van der Waals surface area contributed by atoms with Crippen molar-refractivity contribution in [2.45, 2.75) is 24.8 Å². The van der Waals surface area contributed by atoms with E-state index in [-0.39, 0.29) is 5.54 Å². The maximum absolute atomic E-state index is 6.28. The van der Waals surface area contributed by atoms with Gasteiger partial charge in [0.2, 0.25) is 0 Å². The number of nitrogens with one attached hydrogen (secondary N) is 3. The zero-order valence-electron chi connectivity index (χ0n) is 11.8. The van der Waals surface area contributed by atoms with Crippen LogP contribution < -0.4 is 11.1 Å². The number of imidazole rings is 2. The molecule has 0 atom stereocenters. The summed E-state index contributed by atoms with van der Waals surface area (Å²) in [6.45, 7) is 0. The minimum atomic E-state index is -0.290. The molecule has 1 aliphatic carbocycles. The Morgan fingerprint density at radius 2 is 2.10 bits per heavy atom. The number of fused-ring (bicyclic) bond motifs is 1. The Kier molecular flexibility index (Phi) is 2.52. The largest absolute Gasteiger partial charge is 0.373 e. The Bertz CT molecular complexity index is 797. The van der Waals surface area contributed by atoms with Crippen molar-refractivity contribution in [1.82, 2.24) is 24.9 Å². The lowest BCUT2D eigenvalue weighted by molar-refractivity contribution is 0.240. The topological polar surface area (TPSA) is 108 Å². The van der Waals surface area contributed by atoms with Gasteiger partial charge in [0, 0.05) is 7.05 Å². The molecule has 7 heteroatoms. The Labute approximate surface area is 121 Å². The number of pyridine rings is 1. The highest BCUT2D eigenvalue weighted by Gasteiger charge is 2.37. The van der Waals surface area contributed by atoms with Crippen LogP contribution in [0.25, 0.3) is 22.7 Å². The summed E-state index contributed by atoms with van der Waals surface area (Å²) in [7, 11) is 1.84. The van der Waals surface area contributed by atoms with E-state index in [0.29, 0.717) is 5.65 Å². The predicted molar refractivity (Wildman–Crippen MR) is 80.7 cm³/mol. The molecule has 1 aliphatic rings. The smallest absolute Gasteiger partial charge is 0.180 e. The van der Waals surface area contributed by atoms with E-state index < -0.39 is 0 Å². The zero-order chi connectivity index (χ0) is 14.4. The van der Waals surface area contributed by atoms with Crippen LogP contribution in [0.3, 0.4) is 0 Å². The van der Waals surface area contributed by atoms with Gasteiger partial charge in [-0.05, 0) is 31.4 Å². The van der Waals surface area contributed by atoms with Crippen LogP contribution in [0.5, 0.6) is 0 Å². The van der Waals surface area contributed by atoms with E-state index in [9.17, 15) is 0 Å². The van der Waals surface area contributed by atoms with Crippen molar-refractivity contribution in [3.63, 3.8) is 0 Å². The van der Waals surface area contributed by atoms with Gasteiger partial charge in [0.15, 0.2) is 11.5 Å². The lowest BCUT2D eigenvalue weighted by Crippen LogP contribution is -2.44. The van der Waals surface area contributed by atoms with Gasteiger partial charge in [0.1, 0.15) is 17.3 Å². The van der Waals surface area contributed by atoms with Gasteiger partial charge in [-0.1, -0.05) is 0 Å². The monoisotopic (exact) mass is 283 g/mol. The summed E-state index contributed by atoms with van der Waals surface area (Å²) < 4.78 is 0. The third-order valence-electron chi connectivity index (χ3n) is 4.15. The van der Waals surface area contributed by atoms with Crippen molar-refractivity contribution in [3.8, 4) is 11.5 Å². The number of H-pyrrole nitrogens is 2. The van der Waals surface area contributed by atoms with Crippen LogP contribution in [0.2, 0.25) is 0 Å². The number of hydrogen-bond donors (Lipinski definition) is 4. The van der Waals surface area contributed by atoms with Gasteiger partial charge < -0.3 is 21.0 Å². The molecule has 0 saturated heterocycles. The molecule has 7 nitrogen and oxygen atoms in total. The van der Waals surface area contributed by atoms with Gasteiger partial charge in [-0.2, -0.15) is 0 Å². The van der Waals surface area contributed by atoms with Crippen LogP contribution >= 0.6 is 0 Å². The molecule has 3 heterocycles. The minimum absolute atomic E-state index is 0.290. The summed E-state index contributed by atoms with van der Waals surface area (Å²) in [6, 6.07) is 3.87. The Balaban J connectivity index is 1.73. The van der Waals surface area contributed by atoms with Crippen LogP contribution in [0, 0.1) is 0 Å². The maximum Gasteiger partial charge on any atom is 0.180 e. The van der Waals surface area contributed by atoms with Gasteiger partial charge in [0.25, 0.3) is 0 Å². The van der Waals surface area contributed by atoms with E-state index in [4.69, 9.17) is 5.73 Å². The van der Waals surface area contributed by atoms with E-state index in [1.54, 1.807) is 6.20 Å². The molecule has 108 valence electrons. The van der Waals surface area contributed by atoms with Gasteiger partial charge in [-0.3, -0.25) is 0 Å². The number of anilines is 1. The van der Waals surface area contributed by atoms with Crippen LogP contribution in [-0.4, -0.2) is 32.0 Å². The molecule has 1 fully saturated rings. The fourth-order valence-corrected chi connectivity index (χ4v) is 2.65. The lowest BCUT2D eigenvalue weighted by atomic mass is 9.77. The highest BCUT2D eigenvalue weighted by atomic mass is 15.1. The summed E-state index contributed by atoms with van der Waals surface area (Å²) in [5.74, 6) is 2.36. The first-order valence-corrected chi connectivity index (χ1v) is 7.07. The third-order valence-corrected chi connectivity index (χ3v) is 4.15. The van der Waals surface area contributed by atoms with Crippen LogP contribution in [0.4, 0.5) is 5.82 Å². The van der Waals surface area contributed by atoms with Crippen LogP contribution in [0.1, 0.15) is 25.1 Å². The maximum atomic E-state index is 6.28. The highest BCUT2D eigenvalue weighted by Crippen LogP contribution is 2.37. The number of nitrogens with two attached hydrogens (primary N) is 1. The van der Waals surface area contributed by atoms with Crippen molar-refractivity contribution >= 4 is 17.0 Å². The van der Waals surface area contributed by atoms with Gasteiger partial charge in [-0.15, -0.1) is 0 Å². The van der Waals surface area contributed by atoms with Gasteiger partial charge in [-0.25, -0.2) is 15.0 Å². The first kappa shape index (κ1) is 12.3. The fraction of sp³-hybridized carbons (Fsp3) is 0.357. The minimum Gasteiger partial charge on any atom is -0.373 e. The lowest BCUT2D eigenvalue weighted by Gasteiger charge is -2.35. The summed E-state index contributed by atoms with van der Waals surface area (Å²) in [6.07, 6.45) is 4.90. The average molecular weight is 283 g/mol. The van der Waals surface area contributed by atoms with Crippen LogP contribution in [-0.2, 0) is 5.54 Å². The van der Waals surface area contributed by atoms with Crippen molar-refractivity contribution in [1.29, 1.82) is 0 Å². The summed E-state index contributed by atoms with van der Waals surface area (Å²) in [5.41, 5.74) is 8.41. The first-order chi connectivity index (χ1) is 10.2. The molecule has 0 radical (unpaired) electrons. The molecule has 3 aromatic heterocycles. The van der Waals surface area contributed by atoms with Crippen LogP contribution in [0.15, 0.2) is 18.3 Å². The average Bonchev–Trinajstić information content (AvgIpc) is 3.10. The van der Waals surface area contributed by atoms with Gasteiger partial charge in [0.05, 0.1) is 17.3 Å². The molecule has 0 aliphatic heterocycles. The quantitative estimate of drug-likeness (QED) is 0.585. The first-order valence-electron chi connectivity index (χ1n) is 7.07. The standard InChI is InChI=1S/C14H17N7/c1-16-10-4-3-8-11(20-10)21-12(18-8)9-7-17-13(19-9)14(15)5-2-6-14/h3-4,7H,2,5-6,15H2,1H3,(H,17,19)(H2,16,18,20,21). The fourth-order valence-electron chi connectivity index (χ4n) is 2.65. The second-order valence-corrected chi connectivity index (χ2v) is 5.56. The molecular formula is C14H17N7. The third kappa shape index (κ3) is 1.89. The molecule has 0 bridgehead atoms. The van der Waals surface area contributed by atoms with E-state index >= 15 is 0 Å². The van der Waals surface area contributed by atoms with Crippen molar-refractivity contribution in [2.75, 3.05) is 12.4 Å².